The summed E-state index contributed by atoms with van der Waals surface area (Å²) in [6.45, 7) is 1.58. The highest BCUT2D eigenvalue weighted by atomic mass is 32.1. The predicted octanol–water partition coefficient (Wildman–Crippen LogP) is 3.07. The normalized spacial score (nSPS) is 21.4. The van der Waals surface area contributed by atoms with Crippen molar-refractivity contribution < 1.29 is 23.5 Å². The number of halogens is 2. The molecule has 2 aromatic heterocycles. The highest BCUT2D eigenvalue weighted by Gasteiger charge is 2.50. The molecule has 0 unspecified atom stereocenters. The van der Waals surface area contributed by atoms with E-state index in [1.165, 1.54) is 21.8 Å². The molecule has 3 heterocycles. The molecule has 0 saturated heterocycles. The Kier molecular flexibility index (Phi) is 6.09. The minimum atomic E-state index is -0.770. The number of hydrogen-bond acceptors (Lipinski definition) is 8. The molecule has 9 nitrogen and oxygen atoms in total. The summed E-state index contributed by atoms with van der Waals surface area (Å²) in [5.74, 6) is -2.53. The van der Waals surface area contributed by atoms with Gasteiger partial charge in [0.05, 0.1) is 5.56 Å². The maximum Gasteiger partial charge on any atom is 0.278 e. The molecule has 1 spiro atoms. The van der Waals surface area contributed by atoms with Crippen molar-refractivity contribution >= 4 is 23.0 Å². The van der Waals surface area contributed by atoms with Crippen LogP contribution >= 0.6 is 11.3 Å². The van der Waals surface area contributed by atoms with Crippen LogP contribution in [-0.4, -0.2) is 56.3 Å². The van der Waals surface area contributed by atoms with E-state index in [9.17, 15) is 28.3 Å². The van der Waals surface area contributed by atoms with Gasteiger partial charge in [0.1, 0.15) is 28.1 Å². The quantitative estimate of drug-likeness (QED) is 0.553. The molecule has 1 aromatic carbocycles. The Morgan fingerprint density at radius 2 is 1.89 bits per heavy atom. The van der Waals surface area contributed by atoms with E-state index in [4.69, 9.17) is 0 Å². The number of aromatic nitrogens is 3. The number of hydrogen-bond donors (Lipinski definition) is 1. The maximum absolute atomic E-state index is 14.1. The van der Waals surface area contributed by atoms with Gasteiger partial charge in [-0.15, -0.1) is 10.2 Å². The minimum absolute atomic E-state index is 0.0429. The van der Waals surface area contributed by atoms with Gasteiger partial charge in [-0.05, 0) is 44.2 Å². The monoisotopic (exact) mass is 529 g/mol. The van der Waals surface area contributed by atoms with Crippen molar-refractivity contribution in [2.75, 3.05) is 19.1 Å². The van der Waals surface area contributed by atoms with Crippen LogP contribution in [0, 0.1) is 17.6 Å². The number of carbonyl (C=O) groups is 2. The lowest BCUT2D eigenvalue weighted by Gasteiger charge is -2.55. The van der Waals surface area contributed by atoms with Gasteiger partial charge in [0.25, 0.3) is 5.91 Å². The number of amides is 1. The van der Waals surface area contributed by atoms with Crippen LogP contribution in [0.2, 0.25) is 0 Å². The van der Waals surface area contributed by atoms with E-state index in [2.05, 4.69) is 10.2 Å². The Morgan fingerprint density at radius 1 is 1.19 bits per heavy atom. The number of aromatic hydroxyl groups is 1. The smallest absolute Gasteiger partial charge is 0.278 e. The van der Waals surface area contributed by atoms with Crippen molar-refractivity contribution in [2.45, 2.75) is 44.7 Å². The van der Waals surface area contributed by atoms with E-state index in [0.717, 1.165) is 23.5 Å². The van der Waals surface area contributed by atoms with Gasteiger partial charge < -0.3 is 10.0 Å². The topological polar surface area (TPSA) is 109 Å². The lowest BCUT2D eigenvalue weighted by molar-refractivity contribution is -0.122. The molecule has 5 rings (SSSR count). The summed E-state index contributed by atoms with van der Waals surface area (Å²) in [5.41, 5.74) is -1.39. The molecule has 1 aliphatic carbocycles. The second kappa shape index (κ2) is 9.02. The van der Waals surface area contributed by atoms with Gasteiger partial charge in [0.2, 0.25) is 5.43 Å². The highest BCUT2D eigenvalue weighted by Crippen LogP contribution is 2.42. The molecule has 1 aliphatic heterocycles. The Morgan fingerprint density at radius 3 is 2.54 bits per heavy atom. The van der Waals surface area contributed by atoms with E-state index in [0.29, 0.717) is 30.7 Å². The van der Waals surface area contributed by atoms with Crippen LogP contribution in [0.5, 0.6) is 5.75 Å². The SMILES string of the molecule is CC(=O)C1CCC2(CC1)N(C)C(=O)c1c(O)c(=O)c(-c3nnc(Cc4ccc(F)cc4F)s3)cn1N2C. The molecule has 194 valence electrons. The number of benzene rings is 1. The third-order valence-corrected chi connectivity index (χ3v) is 8.59. The number of Topliss-reactive ketones (excluding diaryl/α,β-unsaturated/α-hetero) is 1. The predicted molar refractivity (Wildman–Crippen MR) is 132 cm³/mol. The number of rotatable bonds is 4. The van der Waals surface area contributed by atoms with Crippen LogP contribution in [0.15, 0.2) is 29.2 Å². The van der Waals surface area contributed by atoms with Gasteiger partial charge in [-0.2, -0.15) is 0 Å². The average molecular weight is 530 g/mol. The Balaban J connectivity index is 1.52. The summed E-state index contributed by atoms with van der Waals surface area (Å²) in [5, 5.41) is 21.3. The summed E-state index contributed by atoms with van der Waals surface area (Å²) in [6.07, 6.45) is 3.83. The molecule has 12 heteroatoms. The van der Waals surface area contributed by atoms with E-state index in [1.807, 2.05) is 5.01 Å². The maximum atomic E-state index is 14.1. The molecular weight excluding hydrogens is 504 g/mol. The fraction of sp³-hybridized carbons (Fsp3) is 0.400. The minimum Gasteiger partial charge on any atom is -0.502 e. The molecule has 0 radical (unpaired) electrons. The van der Waals surface area contributed by atoms with Crippen LogP contribution in [-0.2, 0) is 11.2 Å². The number of ketones is 1. The molecule has 2 aliphatic rings. The summed E-state index contributed by atoms with van der Waals surface area (Å²) in [7, 11) is 3.41. The summed E-state index contributed by atoms with van der Waals surface area (Å²) >= 11 is 1.04. The average Bonchev–Trinajstić information content (AvgIpc) is 3.33. The second-order valence-electron chi connectivity index (χ2n) is 9.58. The number of fused-ring (bicyclic) bond motifs is 1. The zero-order valence-electron chi connectivity index (χ0n) is 20.5. The van der Waals surface area contributed by atoms with Crippen molar-refractivity contribution in [2.24, 2.45) is 5.92 Å². The molecule has 3 aromatic rings. The number of pyridine rings is 1. The standard InChI is InChI=1S/C25H25F2N5O4S/c1-13(33)14-6-8-25(9-7-14)30(2)24(36)20-22(35)21(34)17(12-32(20)31(25)3)23-29-28-19(37-23)10-15-4-5-16(26)11-18(15)27/h4-5,11-12,14,35H,6-10H2,1-3H3. The largest absolute Gasteiger partial charge is 0.502 e. The van der Waals surface area contributed by atoms with Gasteiger partial charge in [-0.1, -0.05) is 17.4 Å². The van der Waals surface area contributed by atoms with Gasteiger partial charge in [-0.25, -0.2) is 8.78 Å². The van der Waals surface area contributed by atoms with Crippen molar-refractivity contribution in [1.29, 1.82) is 0 Å². The third kappa shape index (κ3) is 3.99. The highest BCUT2D eigenvalue weighted by molar-refractivity contribution is 7.14. The number of carbonyl (C=O) groups excluding carboxylic acids is 2. The van der Waals surface area contributed by atoms with Crippen LogP contribution < -0.4 is 10.4 Å². The van der Waals surface area contributed by atoms with Crippen molar-refractivity contribution in [3.63, 3.8) is 0 Å². The molecule has 0 bridgehead atoms. The van der Waals surface area contributed by atoms with Gasteiger partial charge in [-0.3, -0.25) is 24.1 Å². The zero-order chi connectivity index (χ0) is 26.6. The summed E-state index contributed by atoms with van der Waals surface area (Å²) < 4.78 is 28.8. The van der Waals surface area contributed by atoms with Crippen molar-refractivity contribution in [1.82, 2.24) is 19.8 Å². The molecule has 1 N–H and O–H groups in total. The fourth-order valence-electron chi connectivity index (χ4n) is 5.35. The van der Waals surface area contributed by atoms with Gasteiger partial charge in [0.15, 0.2) is 16.5 Å². The first-order chi connectivity index (χ1) is 17.5. The van der Waals surface area contributed by atoms with E-state index >= 15 is 0 Å². The molecule has 0 atom stereocenters. The Hall–Kier alpha value is -3.67. The first-order valence-electron chi connectivity index (χ1n) is 11.8. The lowest BCUT2D eigenvalue weighted by Crippen LogP contribution is -2.69. The molecular formula is C25H25F2N5O4S. The summed E-state index contributed by atoms with van der Waals surface area (Å²) in [4.78, 5) is 39.9. The second-order valence-corrected chi connectivity index (χ2v) is 10.6. The molecule has 1 amide bonds. The third-order valence-electron chi connectivity index (χ3n) is 7.64. The van der Waals surface area contributed by atoms with Crippen LogP contribution in [0.4, 0.5) is 8.78 Å². The Labute approximate surface area is 214 Å². The van der Waals surface area contributed by atoms with Gasteiger partial charge >= 0.3 is 0 Å². The molecule has 1 saturated carbocycles. The fourth-order valence-corrected chi connectivity index (χ4v) is 6.22. The van der Waals surface area contributed by atoms with Crippen LogP contribution in [0.3, 0.4) is 0 Å². The first kappa shape index (κ1) is 25.0. The van der Waals surface area contributed by atoms with E-state index in [-0.39, 0.29) is 40.0 Å². The van der Waals surface area contributed by atoms with Crippen molar-refractivity contribution in [3.8, 4) is 16.3 Å². The van der Waals surface area contributed by atoms with Gasteiger partial charge in [0, 0.05) is 38.7 Å². The summed E-state index contributed by atoms with van der Waals surface area (Å²) in [6, 6.07) is 3.26. The van der Waals surface area contributed by atoms with Crippen molar-refractivity contribution in [3.05, 3.63) is 62.5 Å². The molecule has 37 heavy (non-hydrogen) atoms. The zero-order valence-corrected chi connectivity index (χ0v) is 21.3. The van der Waals surface area contributed by atoms with Crippen LogP contribution in [0.1, 0.15) is 53.7 Å². The number of nitrogens with zero attached hydrogens (tertiary/aromatic N) is 5. The lowest BCUT2D eigenvalue weighted by atomic mass is 9.78. The Bertz CT molecular complexity index is 1480. The molecule has 1 fully saturated rings. The first-order valence-corrected chi connectivity index (χ1v) is 12.6. The van der Waals surface area contributed by atoms with E-state index < -0.39 is 34.4 Å². The van der Waals surface area contributed by atoms with E-state index in [1.54, 1.807) is 21.0 Å². The van der Waals surface area contributed by atoms with Crippen LogP contribution in [0.25, 0.3) is 10.6 Å².